The minimum absolute atomic E-state index is 0.248. The highest BCUT2D eigenvalue weighted by Gasteiger charge is 2.28. The van der Waals surface area contributed by atoms with E-state index in [0.29, 0.717) is 36.9 Å². The van der Waals surface area contributed by atoms with E-state index in [1.807, 2.05) is 25.1 Å². The number of nitrogens with zero attached hydrogens (tertiary/aromatic N) is 1. The summed E-state index contributed by atoms with van der Waals surface area (Å²) in [6.45, 7) is 5.13. The fourth-order valence-electron chi connectivity index (χ4n) is 3.29. The summed E-state index contributed by atoms with van der Waals surface area (Å²) in [5.74, 6) is 0.924. The van der Waals surface area contributed by atoms with Gasteiger partial charge in [-0.3, -0.25) is 4.79 Å². The Morgan fingerprint density at radius 1 is 1.10 bits per heavy atom. The lowest BCUT2D eigenvalue weighted by molar-refractivity contribution is -0.122. The smallest absolute Gasteiger partial charge is 0.265 e. The first-order chi connectivity index (χ1) is 13.9. The molecule has 2 aromatic rings. The van der Waals surface area contributed by atoms with Crippen LogP contribution < -0.4 is 10.1 Å². The third-order valence-corrected chi connectivity index (χ3v) is 7.10. The van der Waals surface area contributed by atoms with Crippen LogP contribution in [0.3, 0.4) is 0 Å². The molecule has 29 heavy (non-hydrogen) atoms. The summed E-state index contributed by atoms with van der Waals surface area (Å²) in [5, 5.41) is 2.80. The summed E-state index contributed by atoms with van der Waals surface area (Å²) in [5.41, 5.74) is 0.538. The second kappa shape index (κ2) is 9.41. The highest BCUT2D eigenvalue weighted by molar-refractivity contribution is 7.89. The van der Waals surface area contributed by atoms with E-state index in [0.717, 1.165) is 12.8 Å². The second-order valence-electron chi connectivity index (χ2n) is 7.43. The number of piperidine rings is 1. The molecular weight excluding hydrogens is 388 g/mol. The Kier molecular flexibility index (Phi) is 6.92. The average molecular weight is 417 g/mol. The van der Waals surface area contributed by atoms with Crippen LogP contribution in [0.1, 0.15) is 33.1 Å². The number of nitrogens with one attached hydrogen (secondary N) is 1. The number of anilines is 1. The lowest BCUT2D eigenvalue weighted by Crippen LogP contribution is -2.37. The molecule has 7 heteroatoms. The van der Waals surface area contributed by atoms with Crippen molar-refractivity contribution in [2.24, 2.45) is 5.92 Å². The van der Waals surface area contributed by atoms with Gasteiger partial charge in [0.2, 0.25) is 10.0 Å². The van der Waals surface area contributed by atoms with Crippen molar-refractivity contribution in [2.75, 3.05) is 18.4 Å². The Morgan fingerprint density at radius 2 is 1.72 bits per heavy atom. The molecule has 1 fully saturated rings. The molecule has 1 aliphatic heterocycles. The third-order valence-electron chi connectivity index (χ3n) is 5.19. The van der Waals surface area contributed by atoms with E-state index in [2.05, 4.69) is 12.2 Å². The summed E-state index contributed by atoms with van der Waals surface area (Å²) in [6.07, 6.45) is 1.65. The number of carbonyl (C=O) groups is 1. The van der Waals surface area contributed by atoms with Gasteiger partial charge in [-0.2, -0.15) is 4.31 Å². The van der Waals surface area contributed by atoms with Crippen molar-refractivity contribution in [1.29, 1.82) is 0 Å². The zero-order valence-electron chi connectivity index (χ0n) is 16.9. The monoisotopic (exact) mass is 416 g/mol. The van der Waals surface area contributed by atoms with Crippen LogP contribution in [0, 0.1) is 5.92 Å². The van der Waals surface area contributed by atoms with Crippen LogP contribution in [-0.2, 0) is 14.8 Å². The molecule has 1 aliphatic rings. The standard InChI is InChI=1S/C22H28N2O4S/c1-3-21(28-19-7-5-4-6-8-19)22(25)23-18-9-11-20(12-10-18)29(26,27)24-15-13-17(2)14-16-24/h4-12,17,21H,3,13-16H2,1-2H3,(H,23,25)/t21-/m0/s1. The Balaban J connectivity index is 1.64. The molecule has 156 valence electrons. The zero-order chi connectivity index (χ0) is 20.9. The van der Waals surface area contributed by atoms with E-state index in [1.54, 1.807) is 40.7 Å². The molecule has 1 N–H and O–H groups in total. The fraction of sp³-hybridized carbons (Fsp3) is 0.409. The van der Waals surface area contributed by atoms with E-state index in [-0.39, 0.29) is 10.8 Å². The van der Waals surface area contributed by atoms with Crippen molar-refractivity contribution in [1.82, 2.24) is 4.31 Å². The average Bonchev–Trinajstić information content (AvgIpc) is 2.73. The molecule has 3 rings (SSSR count). The molecule has 0 aromatic heterocycles. The van der Waals surface area contributed by atoms with Gasteiger partial charge in [0, 0.05) is 18.8 Å². The summed E-state index contributed by atoms with van der Waals surface area (Å²) in [4.78, 5) is 12.8. The second-order valence-corrected chi connectivity index (χ2v) is 9.37. The molecule has 2 aromatic carbocycles. The first-order valence-electron chi connectivity index (χ1n) is 10.0. The minimum Gasteiger partial charge on any atom is -0.481 e. The molecule has 0 unspecified atom stereocenters. The Labute approximate surface area is 172 Å². The molecule has 0 saturated carbocycles. The third kappa shape index (κ3) is 5.36. The summed E-state index contributed by atoms with van der Waals surface area (Å²) < 4.78 is 32.9. The number of benzene rings is 2. The number of rotatable bonds is 7. The number of sulfonamides is 1. The lowest BCUT2D eigenvalue weighted by Gasteiger charge is -2.29. The maximum Gasteiger partial charge on any atom is 0.265 e. The van der Waals surface area contributed by atoms with Gasteiger partial charge in [-0.05, 0) is 61.6 Å². The Morgan fingerprint density at radius 3 is 2.31 bits per heavy atom. The van der Waals surface area contributed by atoms with Crippen LogP contribution in [-0.4, -0.2) is 37.8 Å². The van der Waals surface area contributed by atoms with Gasteiger partial charge in [-0.15, -0.1) is 0 Å². The van der Waals surface area contributed by atoms with Gasteiger partial charge in [-0.1, -0.05) is 32.0 Å². The van der Waals surface area contributed by atoms with E-state index in [1.165, 1.54) is 0 Å². The van der Waals surface area contributed by atoms with Crippen LogP contribution in [0.2, 0.25) is 0 Å². The van der Waals surface area contributed by atoms with Gasteiger partial charge in [0.25, 0.3) is 5.91 Å². The topological polar surface area (TPSA) is 75.7 Å². The van der Waals surface area contributed by atoms with Gasteiger partial charge < -0.3 is 10.1 Å². The van der Waals surface area contributed by atoms with Crippen LogP contribution >= 0.6 is 0 Å². The van der Waals surface area contributed by atoms with Gasteiger partial charge in [-0.25, -0.2) is 8.42 Å². The molecule has 0 radical (unpaired) electrons. The zero-order valence-corrected chi connectivity index (χ0v) is 17.7. The van der Waals surface area contributed by atoms with Crippen molar-refractivity contribution in [3.63, 3.8) is 0 Å². The van der Waals surface area contributed by atoms with Crippen molar-refractivity contribution >= 4 is 21.6 Å². The Hall–Kier alpha value is -2.38. The van der Waals surface area contributed by atoms with Gasteiger partial charge in [0.05, 0.1) is 4.90 Å². The van der Waals surface area contributed by atoms with E-state index in [9.17, 15) is 13.2 Å². The number of para-hydroxylation sites is 1. The van der Waals surface area contributed by atoms with Crippen molar-refractivity contribution in [3.05, 3.63) is 54.6 Å². The highest BCUT2D eigenvalue weighted by atomic mass is 32.2. The number of hydrogen-bond acceptors (Lipinski definition) is 4. The van der Waals surface area contributed by atoms with Crippen molar-refractivity contribution < 1.29 is 17.9 Å². The molecule has 0 spiro atoms. The first kappa shape index (κ1) is 21.3. The number of hydrogen-bond donors (Lipinski definition) is 1. The van der Waals surface area contributed by atoms with Crippen molar-refractivity contribution in [3.8, 4) is 5.75 Å². The molecule has 0 aliphatic carbocycles. The fourth-order valence-corrected chi connectivity index (χ4v) is 4.76. The molecule has 1 atom stereocenters. The Bertz CT molecular complexity index is 906. The quantitative estimate of drug-likeness (QED) is 0.743. The van der Waals surface area contributed by atoms with Gasteiger partial charge in [0.1, 0.15) is 5.75 Å². The largest absolute Gasteiger partial charge is 0.481 e. The maximum absolute atomic E-state index is 12.8. The van der Waals surface area contributed by atoms with Crippen molar-refractivity contribution in [2.45, 2.75) is 44.1 Å². The summed E-state index contributed by atoms with van der Waals surface area (Å²) in [7, 11) is -3.50. The summed E-state index contributed by atoms with van der Waals surface area (Å²) in [6, 6.07) is 15.5. The molecule has 1 amide bonds. The molecule has 0 bridgehead atoms. The molecular formula is C22H28N2O4S. The van der Waals surface area contributed by atoms with Crippen LogP contribution in [0.15, 0.2) is 59.5 Å². The van der Waals surface area contributed by atoms with E-state index >= 15 is 0 Å². The normalized spacial score (nSPS) is 16.9. The van der Waals surface area contributed by atoms with Gasteiger partial charge in [0.15, 0.2) is 6.10 Å². The minimum atomic E-state index is -3.50. The number of ether oxygens (including phenoxy) is 1. The predicted molar refractivity (Wildman–Crippen MR) is 113 cm³/mol. The SMILES string of the molecule is CC[C@H](Oc1ccccc1)C(=O)Nc1ccc(S(=O)(=O)N2CCC(C)CC2)cc1. The van der Waals surface area contributed by atoms with E-state index in [4.69, 9.17) is 4.74 Å². The number of amides is 1. The van der Waals surface area contributed by atoms with Gasteiger partial charge >= 0.3 is 0 Å². The van der Waals surface area contributed by atoms with Crippen LogP contribution in [0.5, 0.6) is 5.75 Å². The first-order valence-corrected chi connectivity index (χ1v) is 11.5. The molecule has 1 saturated heterocycles. The molecule has 6 nitrogen and oxygen atoms in total. The number of carbonyl (C=O) groups excluding carboxylic acids is 1. The van der Waals surface area contributed by atoms with Crippen LogP contribution in [0.25, 0.3) is 0 Å². The highest BCUT2D eigenvalue weighted by Crippen LogP contribution is 2.24. The summed E-state index contributed by atoms with van der Waals surface area (Å²) >= 11 is 0. The van der Waals surface area contributed by atoms with E-state index < -0.39 is 16.1 Å². The van der Waals surface area contributed by atoms with Crippen LogP contribution in [0.4, 0.5) is 5.69 Å². The maximum atomic E-state index is 12.8. The molecule has 1 heterocycles. The lowest BCUT2D eigenvalue weighted by atomic mass is 10.0. The predicted octanol–water partition coefficient (Wildman–Crippen LogP) is 3.90.